The lowest BCUT2D eigenvalue weighted by atomic mass is 9.92. The molecule has 0 radical (unpaired) electrons. The van der Waals surface area contributed by atoms with Gasteiger partial charge in [0, 0.05) is 19.6 Å². The summed E-state index contributed by atoms with van der Waals surface area (Å²) >= 11 is 0. The quantitative estimate of drug-likeness (QED) is 0.762. The fourth-order valence-electron chi connectivity index (χ4n) is 2.31. The van der Waals surface area contributed by atoms with Crippen LogP contribution in [-0.4, -0.2) is 0 Å². The van der Waals surface area contributed by atoms with Gasteiger partial charge in [-0.2, -0.15) is 0 Å². The second kappa shape index (κ2) is 5.78. The van der Waals surface area contributed by atoms with Gasteiger partial charge in [0.15, 0.2) is 0 Å². The maximum absolute atomic E-state index is 5.89. The maximum atomic E-state index is 5.89. The van der Waals surface area contributed by atoms with E-state index in [2.05, 4.69) is 18.2 Å². The van der Waals surface area contributed by atoms with Gasteiger partial charge in [-0.3, -0.25) is 0 Å². The van der Waals surface area contributed by atoms with Crippen LogP contribution < -0.4 is 17.2 Å². The predicted octanol–water partition coefficient (Wildman–Crippen LogP) is 1.73. The standard InChI is InChI=1S/C15H19N3/c16-8-12-6-7-13(11-4-2-1-3-5-11)15(10-18)14(12)9-17/h1-7H,8-10,16-18H2. The van der Waals surface area contributed by atoms with Gasteiger partial charge in [-0.25, -0.2) is 0 Å². The lowest BCUT2D eigenvalue weighted by Gasteiger charge is -2.16. The zero-order chi connectivity index (χ0) is 13.0. The molecule has 0 aliphatic rings. The molecule has 0 saturated carbocycles. The Kier molecular flexibility index (Phi) is 4.10. The molecule has 6 N–H and O–H groups in total. The number of hydrogen-bond acceptors (Lipinski definition) is 3. The van der Waals surface area contributed by atoms with Crippen LogP contribution in [0.5, 0.6) is 0 Å². The molecule has 0 aliphatic heterocycles. The molecule has 0 aromatic heterocycles. The van der Waals surface area contributed by atoms with Gasteiger partial charge in [-0.1, -0.05) is 42.5 Å². The minimum atomic E-state index is 0.472. The van der Waals surface area contributed by atoms with Crippen LogP contribution in [0.15, 0.2) is 42.5 Å². The Morgan fingerprint density at radius 3 is 1.89 bits per heavy atom. The Labute approximate surface area is 108 Å². The van der Waals surface area contributed by atoms with Crippen molar-refractivity contribution in [1.29, 1.82) is 0 Å². The van der Waals surface area contributed by atoms with E-state index in [0.717, 1.165) is 27.8 Å². The first-order chi connectivity index (χ1) is 8.81. The SMILES string of the molecule is NCc1ccc(-c2ccccc2)c(CN)c1CN. The Balaban J connectivity index is 2.62. The highest BCUT2D eigenvalue weighted by Gasteiger charge is 2.11. The molecule has 0 aliphatic carbocycles. The third kappa shape index (κ3) is 2.29. The summed E-state index contributed by atoms with van der Waals surface area (Å²) in [4.78, 5) is 0. The highest BCUT2D eigenvalue weighted by atomic mass is 14.6. The number of benzene rings is 2. The lowest BCUT2D eigenvalue weighted by Crippen LogP contribution is -2.13. The van der Waals surface area contributed by atoms with E-state index >= 15 is 0 Å². The highest BCUT2D eigenvalue weighted by Crippen LogP contribution is 2.28. The fraction of sp³-hybridized carbons (Fsp3) is 0.200. The molecule has 0 amide bonds. The molecule has 3 nitrogen and oxygen atoms in total. The Morgan fingerprint density at radius 1 is 0.667 bits per heavy atom. The summed E-state index contributed by atoms with van der Waals surface area (Å²) in [5, 5.41) is 0. The first kappa shape index (κ1) is 12.8. The van der Waals surface area contributed by atoms with E-state index in [4.69, 9.17) is 17.2 Å². The minimum Gasteiger partial charge on any atom is -0.326 e. The third-order valence-electron chi connectivity index (χ3n) is 3.24. The summed E-state index contributed by atoms with van der Waals surface area (Å²) < 4.78 is 0. The molecule has 18 heavy (non-hydrogen) atoms. The fourth-order valence-corrected chi connectivity index (χ4v) is 2.31. The molecular formula is C15H19N3. The monoisotopic (exact) mass is 241 g/mol. The molecule has 0 heterocycles. The van der Waals surface area contributed by atoms with E-state index in [1.807, 2.05) is 24.3 Å². The number of rotatable bonds is 4. The zero-order valence-corrected chi connectivity index (χ0v) is 10.4. The molecule has 0 saturated heterocycles. The summed E-state index contributed by atoms with van der Waals surface area (Å²) in [7, 11) is 0. The maximum Gasteiger partial charge on any atom is 0.0187 e. The van der Waals surface area contributed by atoms with Crippen molar-refractivity contribution in [3.8, 4) is 11.1 Å². The van der Waals surface area contributed by atoms with Crippen molar-refractivity contribution in [2.45, 2.75) is 19.6 Å². The Morgan fingerprint density at radius 2 is 1.33 bits per heavy atom. The molecule has 0 unspecified atom stereocenters. The summed E-state index contributed by atoms with van der Waals surface area (Å²) in [5.41, 5.74) is 23.1. The summed E-state index contributed by atoms with van der Waals surface area (Å²) in [6.45, 7) is 1.44. The molecule has 3 heteroatoms. The highest BCUT2D eigenvalue weighted by molar-refractivity contribution is 5.69. The summed E-state index contributed by atoms with van der Waals surface area (Å²) in [6.07, 6.45) is 0. The van der Waals surface area contributed by atoms with Crippen LogP contribution in [0.25, 0.3) is 11.1 Å². The lowest BCUT2D eigenvalue weighted by molar-refractivity contribution is 0.931. The molecule has 0 atom stereocenters. The molecule has 0 bridgehead atoms. The van der Waals surface area contributed by atoms with E-state index in [1.165, 1.54) is 0 Å². The molecule has 2 rings (SSSR count). The Bertz CT molecular complexity index is 521. The molecule has 0 fully saturated rings. The van der Waals surface area contributed by atoms with Gasteiger partial charge >= 0.3 is 0 Å². The molecule has 94 valence electrons. The van der Waals surface area contributed by atoms with E-state index in [9.17, 15) is 0 Å². The van der Waals surface area contributed by atoms with Crippen LogP contribution in [0.1, 0.15) is 16.7 Å². The molecule has 0 spiro atoms. The van der Waals surface area contributed by atoms with Crippen molar-refractivity contribution in [2.75, 3.05) is 0 Å². The van der Waals surface area contributed by atoms with Crippen LogP contribution in [-0.2, 0) is 19.6 Å². The third-order valence-corrected chi connectivity index (χ3v) is 3.24. The summed E-state index contributed by atoms with van der Waals surface area (Å²) in [5.74, 6) is 0. The average molecular weight is 241 g/mol. The van der Waals surface area contributed by atoms with E-state index < -0.39 is 0 Å². The summed E-state index contributed by atoms with van der Waals surface area (Å²) in [6, 6.07) is 14.3. The smallest absolute Gasteiger partial charge is 0.0187 e. The van der Waals surface area contributed by atoms with Crippen molar-refractivity contribution in [2.24, 2.45) is 17.2 Å². The molecule has 2 aromatic rings. The topological polar surface area (TPSA) is 78.1 Å². The van der Waals surface area contributed by atoms with E-state index in [1.54, 1.807) is 0 Å². The van der Waals surface area contributed by atoms with Crippen molar-refractivity contribution < 1.29 is 0 Å². The van der Waals surface area contributed by atoms with Crippen molar-refractivity contribution in [1.82, 2.24) is 0 Å². The van der Waals surface area contributed by atoms with Gasteiger partial charge in [-0.05, 0) is 27.8 Å². The van der Waals surface area contributed by atoms with Crippen LogP contribution in [0.4, 0.5) is 0 Å². The minimum absolute atomic E-state index is 0.472. The van der Waals surface area contributed by atoms with Crippen LogP contribution in [0.2, 0.25) is 0 Å². The van der Waals surface area contributed by atoms with Gasteiger partial charge < -0.3 is 17.2 Å². The van der Waals surface area contributed by atoms with Gasteiger partial charge in [-0.15, -0.1) is 0 Å². The van der Waals surface area contributed by atoms with E-state index in [-0.39, 0.29) is 0 Å². The first-order valence-electron chi connectivity index (χ1n) is 6.11. The van der Waals surface area contributed by atoms with Crippen LogP contribution >= 0.6 is 0 Å². The van der Waals surface area contributed by atoms with Gasteiger partial charge in [0.05, 0.1) is 0 Å². The van der Waals surface area contributed by atoms with E-state index in [0.29, 0.717) is 19.6 Å². The molecular weight excluding hydrogens is 222 g/mol. The molecule has 2 aromatic carbocycles. The van der Waals surface area contributed by atoms with Gasteiger partial charge in [0.1, 0.15) is 0 Å². The largest absolute Gasteiger partial charge is 0.326 e. The van der Waals surface area contributed by atoms with Gasteiger partial charge in [0.2, 0.25) is 0 Å². The second-order valence-electron chi connectivity index (χ2n) is 4.21. The second-order valence-corrected chi connectivity index (χ2v) is 4.21. The predicted molar refractivity (Wildman–Crippen MR) is 75.6 cm³/mol. The zero-order valence-electron chi connectivity index (χ0n) is 10.4. The first-order valence-corrected chi connectivity index (χ1v) is 6.11. The Hall–Kier alpha value is -1.68. The van der Waals surface area contributed by atoms with Gasteiger partial charge in [0.25, 0.3) is 0 Å². The normalized spacial score (nSPS) is 10.6. The number of nitrogens with two attached hydrogens (primary N) is 3. The van der Waals surface area contributed by atoms with Crippen molar-refractivity contribution >= 4 is 0 Å². The average Bonchev–Trinajstić information content (AvgIpc) is 2.46. The van der Waals surface area contributed by atoms with Crippen molar-refractivity contribution in [3.05, 3.63) is 59.2 Å². The van der Waals surface area contributed by atoms with Crippen LogP contribution in [0, 0.1) is 0 Å². The van der Waals surface area contributed by atoms with Crippen molar-refractivity contribution in [3.63, 3.8) is 0 Å². The van der Waals surface area contributed by atoms with Crippen LogP contribution in [0.3, 0.4) is 0 Å². The number of hydrogen-bond donors (Lipinski definition) is 3.